The van der Waals surface area contributed by atoms with Crippen molar-refractivity contribution in [1.29, 1.82) is 0 Å². The van der Waals surface area contributed by atoms with Gasteiger partial charge in [-0.3, -0.25) is 14.4 Å². The van der Waals surface area contributed by atoms with E-state index in [1.54, 1.807) is 35.7 Å². The van der Waals surface area contributed by atoms with Crippen LogP contribution >= 0.6 is 46.2 Å². The summed E-state index contributed by atoms with van der Waals surface area (Å²) in [5.74, 6) is -1.15. The molecule has 81 heavy (non-hydrogen) atoms. The number of carbonyl (C=O) groups is 4. The van der Waals surface area contributed by atoms with Crippen LogP contribution in [0.5, 0.6) is 5.75 Å². The molecule has 3 aromatic heterocycles. The van der Waals surface area contributed by atoms with E-state index in [-0.39, 0.29) is 36.1 Å². The average Bonchev–Trinajstić information content (AvgIpc) is 4.19. The van der Waals surface area contributed by atoms with Crippen molar-refractivity contribution >= 4 is 91.1 Å². The molecule has 15 nitrogen and oxygen atoms in total. The molecule has 9 aromatic rings. The number of amides is 2. The number of aromatic nitrogens is 3. The first-order valence-corrected chi connectivity index (χ1v) is 29.7. The Hall–Kier alpha value is -8.36. The number of thiazole rings is 2. The van der Waals surface area contributed by atoms with E-state index in [0.29, 0.717) is 16.5 Å². The van der Waals surface area contributed by atoms with Crippen LogP contribution in [0.1, 0.15) is 52.1 Å². The van der Waals surface area contributed by atoms with Gasteiger partial charge < -0.3 is 34.6 Å². The summed E-state index contributed by atoms with van der Waals surface area (Å²) in [5.41, 5.74) is 3.44. The number of anilines is 1. The van der Waals surface area contributed by atoms with Crippen molar-refractivity contribution in [3.63, 3.8) is 0 Å². The Bertz CT molecular complexity index is 3500. The van der Waals surface area contributed by atoms with Gasteiger partial charge in [0.1, 0.15) is 40.4 Å². The van der Waals surface area contributed by atoms with Gasteiger partial charge in [-0.05, 0) is 64.6 Å². The molecule has 0 spiro atoms. The van der Waals surface area contributed by atoms with Gasteiger partial charge in [0.25, 0.3) is 5.91 Å². The minimum Gasteiger partial charge on any atom is -0.497 e. The molecule has 2 saturated heterocycles. The summed E-state index contributed by atoms with van der Waals surface area (Å²) in [7, 11) is 1.58. The van der Waals surface area contributed by atoms with Crippen molar-refractivity contribution in [2.45, 2.75) is 47.0 Å². The molecule has 6 aromatic carbocycles. The Kier molecular flexibility index (Phi) is 16.6. The van der Waals surface area contributed by atoms with Gasteiger partial charge >= 0.3 is 11.9 Å². The number of pyridine rings is 1. The Morgan fingerprint density at radius 3 is 1.99 bits per heavy atom. The zero-order valence-corrected chi connectivity index (χ0v) is 47.1. The standard InChI is InChI=1S/C62H53N7O8S4/c1-40(57(72)76-52(42-19-8-3-9-20-42)43-21-10-4-11-22-43)77-68-50(48-36-78-59(64-48)67-62(44-23-12-5-13-24-44,45-25-14-6-15-26-45)46-27-16-7-17-28-46)54(70)65-51-55(71)69-37-61(38-79-56(51)69,39-80-60-66-53-49(81-60)29-18-34-63-53)58(73)75-35-41-30-32-47(74-2)33-31-41/h3-34,36,40,51-52,56H,35,37-39H2,1-2H3,(H,64,67)(H,65,70)/t40-,51?,56+,61?/m0/s1. The van der Waals surface area contributed by atoms with Gasteiger partial charge in [-0.1, -0.05) is 181 Å². The molecule has 0 radical (unpaired) electrons. The third-order valence-electron chi connectivity index (χ3n) is 14.0. The van der Waals surface area contributed by atoms with E-state index in [2.05, 4.69) is 20.8 Å². The molecule has 408 valence electrons. The molecular weight excluding hydrogens is 1100 g/mol. The number of oxime groups is 1. The van der Waals surface area contributed by atoms with Crippen LogP contribution in [0.2, 0.25) is 0 Å². The monoisotopic (exact) mass is 1150 g/mol. The molecule has 19 heteroatoms. The highest BCUT2D eigenvalue weighted by Crippen LogP contribution is 2.46. The number of esters is 2. The second kappa shape index (κ2) is 24.6. The Morgan fingerprint density at radius 2 is 1.40 bits per heavy atom. The summed E-state index contributed by atoms with van der Waals surface area (Å²) < 4.78 is 19.1. The second-order valence-corrected chi connectivity index (χ2v) is 23.5. The van der Waals surface area contributed by atoms with Crippen molar-refractivity contribution < 1.29 is 38.2 Å². The second-order valence-electron chi connectivity index (χ2n) is 19.3. The number of hydrogen-bond acceptors (Lipinski definition) is 17. The van der Waals surface area contributed by atoms with E-state index >= 15 is 0 Å². The molecule has 0 bridgehead atoms. The lowest BCUT2D eigenvalue weighted by Crippen LogP contribution is -2.74. The first-order valence-electron chi connectivity index (χ1n) is 25.9. The lowest BCUT2D eigenvalue weighted by molar-refractivity contribution is -0.162. The normalized spacial score (nSPS) is 17.3. The number of ether oxygens (including phenoxy) is 3. The Balaban J connectivity index is 0.872. The third-order valence-corrected chi connectivity index (χ3v) is 18.7. The van der Waals surface area contributed by atoms with Crippen molar-refractivity contribution in [2.75, 3.05) is 30.5 Å². The van der Waals surface area contributed by atoms with Crippen LogP contribution < -0.4 is 15.4 Å². The van der Waals surface area contributed by atoms with Crippen molar-refractivity contribution in [1.82, 2.24) is 25.2 Å². The maximum Gasteiger partial charge on any atom is 0.350 e. The number of hydrogen-bond donors (Lipinski definition) is 2. The van der Waals surface area contributed by atoms with Crippen LogP contribution in [0.4, 0.5) is 5.13 Å². The van der Waals surface area contributed by atoms with E-state index in [0.717, 1.165) is 42.4 Å². The van der Waals surface area contributed by atoms with Crippen molar-refractivity contribution in [2.24, 2.45) is 10.6 Å². The van der Waals surface area contributed by atoms with Gasteiger partial charge in [0.2, 0.25) is 12.0 Å². The highest BCUT2D eigenvalue weighted by molar-refractivity contribution is 8.01. The van der Waals surface area contributed by atoms with Crippen molar-refractivity contribution in [3.8, 4) is 5.75 Å². The quantitative estimate of drug-likeness (QED) is 0.0173. The first-order chi connectivity index (χ1) is 39.6. The fraction of sp³-hybridized carbons (Fsp3) is 0.194. The summed E-state index contributed by atoms with van der Waals surface area (Å²) in [6.45, 7) is 1.54. The number of nitrogens with one attached hydrogen (secondary N) is 2. The topological polar surface area (TPSA) is 184 Å². The van der Waals surface area contributed by atoms with Crippen LogP contribution in [0.15, 0.2) is 209 Å². The molecule has 2 N–H and O–H groups in total. The minimum absolute atomic E-state index is 0.0157. The van der Waals surface area contributed by atoms with Crippen LogP contribution in [0.25, 0.3) is 10.3 Å². The average molecular weight is 1150 g/mol. The van der Waals surface area contributed by atoms with E-state index in [4.69, 9.17) is 29.0 Å². The molecular formula is C62H53N7O8S4. The summed E-state index contributed by atoms with van der Waals surface area (Å²) in [6, 6.07) is 58.8. The highest BCUT2D eigenvalue weighted by Gasteiger charge is 2.58. The molecule has 2 aliphatic heterocycles. The lowest BCUT2D eigenvalue weighted by Gasteiger charge is -2.54. The predicted molar refractivity (Wildman–Crippen MR) is 316 cm³/mol. The molecule has 11 rings (SSSR count). The molecule has 5 heterocycles. The smallest absolute Gasteiger partial charge is 0.350 e. The van der Waals surface area contributed by atoms with E-state index < -0.39 is 58.3 Å². The number of methoxy groups -OCH3 is 1. The molecule has 2 fully saturated rings. The van der Waals surface area contributed by atoms with Gasteiger partial charge in [-0.25, -0.2) is 19.7 Å². The number of carbonyl (C=O) groups excluding carboxylic acids is 4. The van der Waals surface area contributed by atoms with Crippen LogP contribution in [-0.4, -0.2) is 92.0 Å². The van der Waals surface area contributed by atoms with E-state index in [1.165, 1.54) is 53.1 Å². The van der Waals surface area contributed by atoms with Crippen LogP contribution in [-0.2, 0) is 45.6 Å². The molecule has 0 aliphatic carbocycles. The summed E-state index contributed by atoms with van der Waals surface area (Å²) >= 11 is 5.52. The molecule has 2 aliphatic rings. The fourth-order valence-electron chi connectivity index (χ4n) is 9.70. The SMILES string of the molecule is COc1ccc(COC(=O)C2(CSc3nc4ncccc4s3)CS[C@@H]3C(NC(=O)C(=NO[C@@H](C)C(=O)OC(c4ccccc4)c4ccccc4)c4csc(NC(c5ccccc5)(c5ccccc5)c5ccccc5)n4)C(=O)N3C2)cc1. The number of thioether (sulfide) groups is 2. The number of benzene rings is 6. The molecule has 4 atom stereocenters. The van der Waals surface area contributed by atoms with Gasteiger partial charge in [-0.15, -0.1) is 34.4 Å². The summed E-state index contributed by atoms with van der Waals surface area (Å²) in [5, 5.41) is 12.6. The first kappa shape index (κ1) is 54.6. The molecule has 2 amide bonds. The van der Waals surface area contributed by atoms with Gasteiger partial charge in [0, 0.05) is 29.6 Å². The van der Waals surface area contributed by atoms with Crippen LogP contribution in [0.3, 0.4) is 0 Å². The van der Waals surface area contributed by atoms with Crippen LogP contribution in [0, 0.1) is 5.41 Å². The van der Waals surface area contributed by atoms with E-state index in [9.17, 15) is 19.2 Å². The maximum atomic E-state index is 14.9. The number of nitrogens with zero attached hydrogens (tertiary/aromatic N) is 5. The van der Waals surface area contributed by atoms with Crippen molar-refractivity contribution in [3.05, 3.63) is 239 Å². The van der Waals surface area contributed by atoms with Gasteiger partial charge in [0.15, 0.2) is 26.9 Å². The highest BCUT2D eigenvalue weighted by atomic mass is 32.2. The summed E-state index contributed by atoms with van der Waals surface area (Å²) in [6.07, 6.45) is -0.377. The third kappa shape index (κ3) is 11.8. The predicted octanol–water partition coefficient (Wildman–Crippen LogP) is 10.9. The fourth-order valence-corrected chi connectivity index (χ4v) is 14.3. The number of fused-ring (bicyclic) bond motifs is 2. The summed E-state index contributed by atoms with van der Waals surface area (Å²) in [4.78, 5) is 79.4. The molecule has 2 unspecified atom stereocenters. The Morgan fingerprint density at radius 1 is 0.790 bits per heavy atom. The maximum absolute atomic E-state index is 14.9. The zero-order valence-electron chi connectivity index (χ0n) is 43.8. The number of β-lactam (4-membered cyclic amide) rings is 1. The largest absolute Gasteiger partial charge is 0.497 e. The number of rotatable bonds is 21. The zero-order chi connectivity index (χ0) is 55.8. The molecule has 0 saturated carbocycles. The van der Waals surface area contributed by atoms with Gasteiger partial charge in [-0.2, -0.15) is 0 Å². The van der Waals surface area contributed by atoms with Gasteiger partial charge in [0.05, 0.1) is 11.8 Å². The van der Waals surface area contributed by atoms with E-state index in [1.807, 2.05) is 176 Å². The lowest BCUT2D eigenvalue weighted by atomic mass is 9.77. The Labute approximate surface area is 484 Å². The minimum atomic E-state index is -1.30.